The number of imidazole rings is 1. The second-order valence-electron chi connectivity index (χ2n) is 7.29. The van der Waals surface area contributed by atoms with Crippen LogP contribution in [0, 0.1) is 11.8 Å². The third kappa shape index (κ3) is 9.11. The summed E-state index contributed by atoms with van der Waals surface area (Å²) in [4.78, 5) is 6.59. The van der Waals surface area contributed by atoms with Gasteiger partial charge in [0.25, 0.3) is 0 Å². The van der Waals surface area contributed by atoms with Gasteiger partial charge in [0.2, 0.25) is 0 Å². The Morgan fingerprint density at radius 2 is 1.79 bits per heavy atom. The van der Waals surface area contributed by atoms with Gasteiger partial charge in [-0.2, -0.15) is 0 Å². The average molecular weight is 450 g/mol. The smallest absolute Gasteiger partial charge is 0.134 e. The van der Waals surface area contributed by atoms with Gasteiger partial charge in [0, 0.05) is 36.7 Å². The number of H-pyrrole nitrogens is 1. The number of hydrogen-bond donors (Lipinski definition) is 4. The lowest BCUT2D eigenvalue weighted by Crippen LogP contribution is -2.18. The van der Waals surface area contributed by atoms with Crippen molar-refractivity contribution in [1.82, 2.24) is 9.97 Å². The van der Waals surface area contributed by atoms with Gasteiger partial charge in [0.15, 0.2) is 0 Å². The molecule has 0 amide bonds. The molecule has 3 aromatic rings. The number of aromatic amines is 1. The van der Waals surface area contributed by atoms with Gasteiger partial charge in [0.1, 0.15) is 11.9 Å². The summed E-state index contributed by atoms with van der Waals surface area (Å²) in [5.74, 6) is 6.59. The summed E-state index contributed by atoms with van der Waals surface area (Å²) < 4.78 is 5.38. The van der Waals surface area contributed by atoms with Crippen LogP contribution in [0.5, 0.6) is 0 Å². The summed E-state index contributed by atoms with van der Waals surface area (Å²) in [5.41, 5.74) is 4.47. The summed E-state index contributed by atoms with van der Waals surface area (Å²) in [7, 11) is 0. The second kappa shape index (κ2) is 14.9. The van der Waals surface area contributed by atoms with Gasteiger partial charge in [-0.25, -0.2) is 4.98 Å². The van der Waals surface area contributed by atoms with Crippen LogP contribution in [0.25, 0.3) is 11.1 Å². The molecule has 2 unspecified atom stereocenters. The highest BCUT2D eigenvalue weighted by Crippen LogP contribution is 2.23. The summed E-state index contributed by atoms with van der Waals surface area (Å²) in [6, 6.07) is 17.1. The number of nitrogens with one attached hydrogen (secondary N) is 2. The molecule has 1 aliphatic rings. The fraction of sp³-hybridized carbons (Fsp3) is 0.370. The molecule has 1 aliphatic heterocycles. The highest BCUT2D eigenvalue weighted by atomic mass is 16.5. The zero-order valence-electron chi connectivity index (χ0n) is 19.7. The van der Waals surface area contributed by atoms with Crippen LogP contribution in [0.2, 0.25) is 0 Å². The number of anilines is 1. The van der Waals surface area contributed by atoms with Crippen molar-refractivity contribution in [2.75, 3.05) is 25.1 Å². The average Bonchev–Trinajstić information content (AvgIpc) is 3.57. The van der Waals surface area contributed by atoms with E-state index in [0.29, 0.717) is 18.3 Å². The lowest BCUT2D eigenvalue weighted by molar-refractivity contribution is 0.190. The van der Waals surface area contributed by atoms with Crippen LogP contribution in [0.4, 0.5) is 5.69 Å². The monoisotopic (exact) mass is 449 g/mol. The highest BCUT2D eigenvalue weighted by molar-refractivity contribution is 5.66. The van der Waals surface area contributed by atoms with E-state index in [1.54, 1.807) is 19.3 Å². The van der Waals surface area contributed by atoms with E-state index in [2.05, 4.69) is 63.5 Å². The SMILES string of the molecule is CC.CC(O)c1ncc[nH]1.OCCC#Cc1ccc(-c2ccc(NC3CCOC3)cc2)cc1. The van der Waals surface area contributed by atoms with Crippen molar-refractivity contribution in [3.8, 4) is 23.0 Å². The first kappa shape index (κ1) is 26.1. The molecule has 2 heterocycles. The minimum atomic E-state index is -0.481. The predicted octanol–water partition coefficient (Wildman–Crippen LogP) is 4.78. The van der Waals surface area contributed by atoms with Crippen LogP contribution in [-0.2, 0) is 4.74 Å². The van der Waals surface area contributed by atoms with Crippen molar-refractivity contribution in [1.29, 1.82) is 0 Å². The molecule has 0 bridgehead atoms. The maximum Gasteiger partial charge on any atom is 0.134 e. The Kier molecular flexibility index (Phi) is 11.8. The van der Waals surface area contributed by atoms with Crippen molar-refractivity contribution in [2.24, 2.45) is 0 Å². The van der Waals surface area contributed by atoms with Crippen molar-refractivity contribution >= 4 is 5.69 Å². The molecule has 33 heavy (non-hydrogen) atoms. The van der Waals surface area contributed by atoms with Crippen molar-refractivity contribution < 1.29 is 14.9 Å². The Morgan fingerprint density at radius 3 is 2.27 bits per heavy atom. The van der Waals surface area contributed by atoms with E-state index in [1.807, 2.05) is 26.0 Å². The van der Waals surface area contributed by atoms with E-state index in [0.717, 1.165) is 30.9 Å². The molecule has 1 aromatic heterocycles. The number of benzene rings is 2. The number of ether oxygens (including phenoxy) is 1. The molecule has 1 fully saturated rings. The van der Waals surface area contributed by atoms with Gasteiger partial charge in [-0.1, -0.05) is 50.0 Å². The van der Waals surface area contributed by atoms with E-state index >= 15 is 0 Å². The lowest BCUT2D eigenvalue weighted by atomic mass is 10.0. The van der Waals surface area contributed by atoms with Gasteiger partial charge in [-0.15, -0.1) is 0 Å². The van der Waals surface area contributed by atoms with Gasteiger partial charge in [0.05, 0.1) is 19.3 Å². The number of aliphatic hydroxyl groups is 2. The Bertz CT molecular complexity index is 951. The third-order valence-electron chi connectivity index (χ3n) is 4.79. The topological polar surface area (TPSA) is 90.4 Å². The molecule has 0 radical (unpaired) electrons. The number of aliphatic hydroxyl groups excluding tert-OH is 2. The molecular weight excluding hydrogens is 414 g/mol. The summed E-state index contributed by atoms with van der Waals surface area (Å²) in [6.07, 6.45) is 4.40. The number of aromatic nitrogens is 2. The van der Waals surface area contributed by atoms with Crippen LogP contribution in [0.3, 0.4) is 0 Å². The fourth-order valence-electron chi connectivity index (χ4n) is 3.12. The van der Waals surface area contributed by atoms with E-state index in [-0.39, 0.29) is 6.61 Å². The van der Waals surface area contributed by atoms with Crippen LogP contribution in [0.1, 0.15) is 51.1 Å². The first-order valence-corrected chi connectivity index (χ1v) is 11.5. The van der Waals surface area contributed by atoms with E-state index < -0.39 is 6.10 Å². The largest absolute Gasteiger partial charge is 0.395 e. The molecule has 4 rings (SSSR count). The minimum absolute atomic E-state index is 0.110. The van der Waals surface area contributed by atoms with Crippen molar-refractivity contribution in [3.63, 3.8) is 0 Å². The van der Waals surface area contributed by atoms with Crippen LogP contribution < -0.4 is 5.32 Å². The molecule has 176 valence electrons. The minimum Gasteiger partial charge on any atom is -0.395 e. The summed E-state index contributed by atoms with van der Waals surface area (Å²) >= 11 is 0. The zero-order chi connectivity index (χ0) is 23.9. The molecule has 0 spiro atoms. The second-order valence-corrected chi connectivity index (χ2v) is 7.29. The van der Waals surface area contributed by atoms with Gasteiger partial charge in [-0.3, -0.25) is 0 Å². The highest BCUT2D eigenvalue weighted by Gasteiger charge is 2.14. The van der Waals surface area contributed by atoms with Crippen molar-refractivity contribution in [3.05, 3.63) is 72.3 Å². The zero-order valence-corrected chi connectivity index (χ0v) is 19.7. The molecule has 0 saturated carbocycles. The Balaban J connectivity index is 0.000000323. The van der Waals surface area contributed by atoms with Crippen LogP contribution >= 0.6 is 0 Å². The quantitative estimate of drug-likeness (QED) is 0.421. The first-order chi connectivity index (χ1) is 16.2. The Morgan fingerprint density at radius 1 is 1.12 bits per heavy atom. The van der Waals surface area contributed by atoms with E-state index in [9.17, 15) is 0 Å². The third-order valence-corrected chi connectivity index (χ3v) is 4.79. The molecule has 1 saturated heterocycles. The predicted molar refractivity (Wildman–Crippen MR) is 134 cm³/mol. The van der Waals surface area contributed by atoms with E-state index in [4.69, 9.17) is 14.9 Å². The standard InChI is InChI=1S/C20H21NO2.C5H8N2O.C2H6/c22-13-2-1-3-16-4-6-17(7-5-16)18-8-10-19(11-9-18)21-20-12-14-23-15-20;1-4(8)5-6-2-3-7-5;1-2/h4-11,20-22H,2,12-15H2;2-4,8H,1H3,(H,6,7);1-2H3. The Hall–Kier alpha value is -3.11. The maximum absolute atomic E-state index is 8.82. The molecule has 2 aromatic carbocycles. The van der Waals surface area contributed by atoms with Crippen LogP contribution in [-0.4, -0.2) is 46.0 Å². The first-order valence-electron chi connectivity index (χ1n) is 11.5. The van der Waals surface area contributed by atoms with Crippen LogP contribution in [0.15, 0.2) is 60.9 Å². The summed E-state index contributed by atoms with van der Waals surface area (Å²) in [5, 5.41) is 21.0. The Labute approximate surface area is 197 Å². The maximum atomic E-state index is 8.82. The molecule has 6 nitrogen and oxygen atoms in total. The fourth-order valence-corrected chi connectivity index (χ4v) is 3.12. The molecule has 4 N–H and O–H groups in total. The van der Waals surface area contributed by atoms with E-state index in [1.165, 1.54) is 11.1 Å². The lowest BCUT2D eigenvalue weighted by Gasteiger charge is -2.12. The molecule has 0 aliphatic carbocycles. The normalized spacial score (nSPS) is 15.1. The van der Waals surface area contributed by atoms with Gasteiger partial charge < -0.3 is 25.3 Å². The molecule has 6 heteroatoms. The number of rotatable bonds is 5. The number of hydrogen-bond acceptors (Lipinski definition) is 5. The van der Waals surface area contributed by atoms with Gasteiger partial charge in [-0.05, 0) is 48.7 Å². The van der Waals surface area contributed by atoms with Crippen molar-refractivity contribution in [2.45, 2.75) is 45.8 Å². The molecular formula is C27H35N3O3. The molecule has 2 atom stereocenters. The number of nitrogens with zero attached hydrogens (tertiary/aromatic N) is 1. The summed E-state index contributed by atoms with van der Waals surface area (Å²) in [6.45, 7) is 7.42. The van der Waals surface area contributed by atoms with Gasteiger partial charge >= 0.3 is 0 Å².